The minimum Gasteiger partial charge on any atom is -0.508 e. The van der Waals surface area contributed by atoms with Crippen LogP contribution in [0.5, 0.6) is 11.5 Å². The highest BCUT2D eigenvalue weighted by Gasteiger charge is 2.38. The Labute approximate surface area is 161 Å². The van der Waals surface area contributed by atoms with Crippen LogP contribution in [0, 0.1) is 5.92 Å². The lowest BCUT2D eigenvalue weighted by Crippen LogP contribution is -2.33. The van der Waals surface area contributed by atoms with E-state index in [-0.39, 0.29) is 5.41 Å². The second-order valence-corrected chi connectivity index (χ2v) is 7.81. The van der Waals surface area contributed by atoms with Crippen molar-refractivity contribution >= 4 is 0 Å². The zero-order valence-electron chi connectivity index (χ0n) is 15.5. The van der Waals surface area contributed by atoms with E-state index in [2.05, 4.69) is 54.6 Å². The summed E-state index contributed by atoms with van der Waals surface area (Å²) in [5.74, 6) is 1.31. The number of hydrogen-bond donors (Lipinski definition) is 2. The molecule has 0 aliphatic heterocycles. The third kappa shape index (κ3) is 3.71. The minimum absolute atomic E-state index is 0.0470. The van der Waals surface area contributed by atoms with E-state index in [1.54, 1.807) is 24.3 Å². The second-order valence-electron chi connectivity index (χ2n) is 7.81. The van der Waals surface area contributed by atoms with Crippen LogP contribution in [0.2, 0.25) is 0 Å². The van der Waals surface area contributed by atoms with Crippen LogP contribution in [0.3, 0.4) is 0 Å². The molecule has 138 valence electrons. The van der Waals surface area contributed by atoms with Crippen molar-refractivity contribution in [2.45, 2.75) is 37.5 Å². The lowest BCUT2D eigenvalue weighted by atomic mass is 9.62. The highest BCUT2D eigenvalue weighted by molar-refractivity contribution is 5.43. The maximum atomic E-state index is 9.72. The number of aromatic hydroxyl groups is 2. The molecule has 3 aromatic carbocycles. The summed E-state index contributed by atoms with van der Waals surface area (Å²) >= 11 is 0. The van der Waals surface area contributed by atoms with Gasteiger partial charge in [-0.3, -0.25) is 0 Å². The Morgan fingerprint density at radius 1 is 0.667 bits per heavy atom. The van der Waals surface area contributed by atoms with E-state index in [1.165, 1.54) is 29.5 Å². The predicted molar refractivity (Wildman–Crippen MR) is 109 cm³/mol. The summed E-state index contributed by atoms with van der Waals surface area (Å²) in [4.78, 5) is 0. The molecule has 1 saturated carbocycles. The van der Waals surface area contributed by atoms with E-state index in [0.717, 1.165) is 19.3 Å². The molecule has 1 aliphatic rings. The molecule has 0 radical (unpaired) electrons. The largest absolute Gasteiger partial charge is 0.508 e. The van der Waals surface area contributed by atoms with Gasteiger partial charge < -0.3 is 10.2 Å². The number of hydrogen-bond acceptors (Lipinski definition) is 2. The third-order valence-electron chi connectivity index (χ3n) is 6.17. The summed E-state index contributed by atoms with van der Waals surface area (Å²) in [5, 5.41) is 19.4. The zero-order valence-corrected chi connectivity index (χ0v) is 15.5. The Morgan fingerprint density at radius 2 is 1.15 bits per heavy atom. The summed E-state index contributed by atoms with van der Waals surface area (Å²) in [6, 6.07) is 26.1. The molecule has 0 aromatic heterocycles. The Bertz CT molecular complexity index is 811. The van der Waals surface area contributed by atoms with Crippen LogP contribution in [0.4, 0.5) is 0 Å². The van der Waals surface area contributed by atoms with E-state index >= 15 is 0 Å². The molecular weight excluding hydrogens is 332 g/mol. The number of rotatable bonds is 4. The molecule has 0 bridgehead atoms. The normalized spacial score (nSPS) is 16.9. The molecule has 0 spiro atoms. The number of benzene rings is 3. The quantitative estimate of drug-likeness (QED) is 0.617. The van der Waals surface area contributed by atoms with Crippen LogP contribution in [0.15, 0.2) is 78.9 Å². The van der Waals surface area contributed by atoms with Gasteiger partial charge in [0, 0.05) is 5.41 Å². The molecule has 0 unspecified atom stereocenters. The molecule has 1 aliphatic carbocycles. The van der Waals surface area contributed by atoms with Crippen molar-refractivity contribution in [2.75, 3.05) is 0 Å². The van der Waals surface area contributed by atoms with Crippen LogP contribution >= 0.6 is 0 Å². The van der Waals surface area contributed by atoms with Gasteiger partial charge in [-0.1, -0.05) is 54.6 Å². The van der Waals surface area contributed by atoms with Gasteiger partial charge in [-0.15, -0.1) is 0 Å². The van der Waals surface area contributed by atoms with Crippen molar-refractivity contribution in [1.29, 1.82) is 0 Å². The number of phenols is 2. The summed E-state index contributed by atoms with van der Waals surface area (Å²) in [6.07, 6.45) is 5.66. The summed E-state index contributed by atoms with van der Waals surface area (Å²) in [5.41, 5.74) is 3.88. The molecule has 0 atom stereocenters. The Hall–Kier alpha value is -2.74. The fourth-order valence-corrected chi connectivity index (χ4v) is 4.63. The molecule has 27 heavy (non-hydrogen) atoms. The molecule has 0 heterocycles. The summed E-state index contributed by atoms with van der Waals surface area (Å²) < 4.78 is 0. The summed E-state index contributed by atoms with van der Waals surface area (Å²) in [7, 11) is 0. The van der Waals surface area contributed by atoms with Gasteiger partial charge in [-0.05, 0) is 79.0 Å². The van der Waals surface area contributed by atoms with Crippen LogP contribution in [-0.4, -0.2) is 10.2 Å². The van der Waals surface area contributed by atoms with Gasteiger partial charge in [0.2, 0.25) is 0 Å². The monoisotopic (exact) mass is 358 g/mol. The zero-order chi connectivity index (χ0) is 18.7. The molecule has 2 heteroatoms. The van der Waals surface area contributed by atoms with E-state index < -0.39 is 0 Å². The van der Waals surface area contributed by atoms with Crippen LogP contribution < -0.4 is 0 Å². The molecule has 2 N–H and O–H groups in total. The van der Waals surface area contributed by atoms with E-state index in [9.17, 15) is 10.2 Å². The fraction of sp³-hybridized carbons (Fsp3) is 0.280. The van der Waals surface area contributed by atoms with Crippen molar-refractivity contribution in [1.82, 2.24) is 0 Å². The first kappa shape index (κ1) is 17.7. The van der Waals surface area contributed by atoms with Crippen molar-refractivity contribution in [2.24, 2.45) is 5.92 Å². The Morgan fingerprint density at radius 3 is 1.63 bits per heavy atom. The highest BCUT2D eigenvalue weighted by Crippen LogP contribution is 2.47. The van der Waals surface area contributed by atoms with Crippen molar-refractivity contribution in [3.8, 4) is 11.5 Å². The smallest absolute Gasteiger partial charge is 0.115 e. The van der Waals surface area contributed by atoms with Crippen LogP contribution in [0.25, 0.3) is 0 Å². The van der Waals surface area contributed by atoms with Gasteiger partial charge in [0.25, 0.3) is 0 Å². The van der Waals surface area contributed by atoms with Crippen molar-refractivity contribution < 1.29 is 10.2 Å². The second kappa shape index (κ2) is 7.48. The first-order chi connectivity index (χ1) is 13.2. The average molecular weight is 358 g/mol. The highest BCUT2D eigenvalue weighted by atomic mass is 16.3. The van der Waals surface area contributed by atoms with Gasteiger partial charge in [-0.25, -0.2) is 0 Å². The van der Waals surface area contributed by atoms with Gasteiger partial charge in [0.1, 0.15) is 11.5 Å². The van der Waals surface area contributed by atoms with Crippen LogP contribution in [0.1, 0.15) is 42.4 Å². The fourth-order valence-electron chi connectivity index (χ4n) is 4.63. The van der Waals surface area contributed by atoms with E-state index in [1.807, 2.05) is 0 Å². The standard InChI is InChI=1S/C25H26O2/c26-23-10-6-21(7-11-23)25(22-8-12-24(27)13-9-22)16-14-20(15-17-25)18-19-4-2-1-3-5-19/h1-13,20,26-27H,14-18H2. The van der Waals surface area contributed by atoms with Crippen molar-refractivity contribution in [3.05, 3.63) is 95.6 Å². The molecule has 2 nitrogen and oxygen atoms in total. The lowest BCUT2D eigenvalue weighted by Gasteiger charge is -2.41. The first-order valence-electron chi connectivity index (χ1n) is 9.79. The first-order valence-corrected chi connectivity index (χ1v) is 9.79. The predicted octanol–water partition coefficient (Wildman–Crippen LogP) is 5.82. The number of phenolic OH excluding ortho intramolecular Hbond substituents is 2. The molecule has 0 amide bonds. The summed E-state index contributed by atoms with van der Waals surface area (Å²) in [6.45, 7) is 0. The van der Waals surface area contributed by atoms with Gasteiger partial charge >= 0.3 is 0 Å². The maximum Gasteiger partial charge on any atom is 0.115 e. The Kier molecular flexibility index (Phi) is 4.89. The SMILES string of the molecule is Oc1ccc(C2(c3ccc(O)cc3)CCC(Cc3ccccc3)CC2)cc1. The van der Waals surface area contributed by atoms with Crippen LogP contribution in [-0.2, 0) is 11.8 Å². The average Bonchev–Trinajstić information content (AvgIpc) is 2.71. The maximum absolute atomic E-state index is 9.72. The van der Waals surface area contributed by atoms with E-state index in [0.29, 0.717) is 17.4 Å². The molecule has 1 fully saturated rings. The van der Waals surface area contributed by atoms with Gasteiger partial charge in [0.15, 0.2) is 0 Å². The topological polar surface area (TPSA) is 40.5 Å². The molecule has 4 rings (SSSR count). The van der Waals surface area contributed by atoms with Gasteiger partial charge in [-0.2, -0.15) is 0 Å². The molecule has 0 saturated heterocycles. The molecular formula is C25H26O2. The lowest BCUT2D eigenvalue weighted by molar-refractivity contribution is 0.264. The Balaban J connectivity index is 1.60. The van der Waals surface area contributed by atoms with E-state index in [4.69, 9.17) is 0 Å². The minimum atomic E-state index is -0.0470. The molecule has 3 aromatic rings. The van der Waals surface area contributed by atoms with Gasteiger partial charge in [0.05, 0.1) is 0 Å². The third-order valence-corrected chi connectivity index (χ3v) is 6.17. The van der Waals surface area contributed by atoms with Crippen molar-refractivity contribution in [3.63, 3.8) is 0 Å².